The highest BCUT2D eigenvalue weighted by Gasteiger charge is 2.40. The molecular weight excluding hydrogens is 605 g/mol. The molecule has 28 heavy (non-hydrogen) atoms. The quantitative estimate of drug-likeness (QED) is 0.275. The van der Waals surface area contributed by atoms with Crippen LogP contribution in [0.2, 0.25) is 5.02 Å². The smallest absolute Gasteiger partial charge is 0.317 e. The second kappa shape index (κ2) is 9.13. The van der Waals surface area contributed by atoms with Gasteiger partial charge in [0.2, 0.25) is 0 Å². The van der Waals surface area contributed by atoms with Gasteiger partial charge in [-0.15, -0.1) is 0 Å². The minimum absolute atomic E-state index is 0.143. The van der Waals surface area contributed by atoms with E-state index in [0.29, 0.717) is 26.2 Å². The molecule has 2 unspecified atom stereocenters. The third kappa shape index (κ3) is 4.54. The van der Waals surface area contributed by atoms with Gasteiger partial charge in [-0.05, 0) is 100 Å². The molecule has 0 radical (unpaired) electrons. The maximum absolute atomic E-state index is 12.9. The second-order valence-electron chi connectivity index (χ2n) is 6.45. The summed E-state index contributed by atoms with van der Waals surface area (Å²) in [5.74, 6) is -1.99. The third-order valence-electron chi connectivity index (χ3n) is 4.68. The molecule has 0 fully saturated rings. The van der Waals surface area contributed by atoms with E-state index in [1.165, 1.54) is 6.08 Å². The molecule has 2 aromatic rings. The number of carbonyl (C=O) groups excluding carboxylic acids is 2. The van der Waals surface area contributed by atoms with Crippen molar-refractivity contribution >= 4 is 74.1 Å². The number of phenolic OH excluding ortho intramolecular Hbond substituents is 1. The molecule has 0 saturated heterocycles. The first-order valence-corrected chi connectivity index (χ1v) is 11.2. The molecule has 1 N–H and O–H groups in total. The fraction of sp³-hybridized carbons (Fsp3) is 0.238. The maximum Gasteiger partial charge on any atom is 0.317 e. The van der Waals surface area contributed by atoms with Gasteiger partial charge in [0.25, 0.3) is 0 Å². The predicted octanol–water partition coefficient (Wildman–Crippen LogP) is 5.57. The summed E-state index contributed by atoms with van der Waals surface area (Å²) in [6, 6.07) is 10.9. The number of ether oxygens (including phenoxy) is 1. The lowest BCUT2D eigenvalue weighted by Crippen LogP contribution is -2.34. The van der Waals surface area contributed by atoms with Crippen LogP contribution in [-0.4, -0.2) is 23.5 Å². The van der Waals surface area contributed by atoms with Crippen molar-refractivity contribution in [3.8, 4) is 5.75 Å². The molecule has 0 saturated carbocycles. The van der Waals surface area contributed by atoms with E-state index in [1.54, 1.807) is 19.1 Å². The molecule has 2 atom stereocenters. The Morgan fingerprint density at radius 3 is 2.57 bits per heavy atom. The summed E-state index contributed by atoms with van der Waals surface area (Å²) in [6.07, 6.45) is 1.90. The number of hydrogen-bond donors (Lipinski definition) is 1. The molecule has 0 spiro atoms. The van der Waals surface area contributed by atoms with E-state index < -0.39 is 17.8 Å². The zero-order chi connectivity index (χ0) is 20.4. The molecule has 0 aromatic heterocycles. The first-order chi connectivity index (χ1) is 13.3. The fourth-order valence-corrected chi connectivity index (χ4v) is 5.38. The van der Waals surface area contributed by atoms with Gasteiger partial charge in [-0.1, -0.05) is 23.7 Å². The fourth-order valence-electron chi connectivity index (χ4n) is 3.40. The van der Waals surface area contributed by atoms with Gasteiger partial charge in [0.05, 0.1) is 10.2 Å². The Hall–Kier alpha value is -1.13. The number of halogens is 3. The van der Waals surface area contributed by atoms with Gasteiger partial charge in [-0.25, -0.2) is 0 Å². The van der Waals surface area contributed by atoms with E-state index in [1.807, 2.05) is 24.3 Å². The van der Waals surface area contributed by atoms with Crippen LogP contribution in [0.3, 0.4) is 0 Å². The Kier molecular flexibility index (Phi) is 7.03. The summed E-state index contributed by atoms with van der Waals surface area (Å²) >= 11 is 10.2. The lowest BCUT2D eigenvalue weighted by Gasteiger charge is -2.30. The van der Waals surface area contributed by atoms with Gasteiger partial charge >= 0.3 is 5.97 Å². The van der Waals surface area contributed by atoms with Crippen molar-refractivity contribution in [2.75, 3.05) is 6.61 Å². The lowest BCUT2D eigenvalue weighted by molar-refractivity contribution is -0.151. The first-order valence-electron chi connectivity index (χ1n) is 8.66. The number of benzene rings is 2. The molecule has 4 nitrogen and oxygen atoms in total. The van der Waals surface area contributed by atoms with Gasteiger partial charge in [0.1, 0.15) is 11.7 Å². The third-order valence-corrected chi connectivity index (χ3v) is 6.38. The zero-order valence-electron chi connectivity index (χ0n) is 14.9. The number of phenols is 1. The van der Waals surface area contributed by atoms with E-state index in [-0.39, 0.29) is 18.1 Å². The van der Waals surface area contributed by atoms with E-state index in [0.717, 1.165) is 9.13 Å². The Morgan fingerprint density at radius 2 is 1.93 bits per heavy atom. The average Bonchev–Trinajstić information content (AvgIpc) is 2.64. The van der Waals surface area contributed by atoms with Crippen molar-refractivity contribution in [2.45, 2.75) is 19.3 Å². The topological polar surface area (TPSA) is 63.6 Å². The van der Waals surface area contributed by atoms with E-state index >= 15 is 0 Å². The predicted molar refractivity (Wildman–Crippen MR) is 125 cm³/mol. The monoisotopic (exact) mass is 622 g/mol. The molecule has 1 aliphatic carbocycles. The van der Waals surface area contributed by atoms with Crippen LogP contribution < -0.4 is 0 Å². The summed E-state index contributed by atoms with van der Waals surface area (Å²) in [4.78, 5) is 25.5. The molecular formula is C21H17ClI2O4. The molecule has 146 valence electrons. The number of ketones is 1. The summed E-state index contributed by atoms with van der Waals surface area (Å²) in [7, 11) is 0. The highest BCUT2D eigenvalue weighted by Crippen LogP contribution is 2.43. The minimum Gasteiger partial charge on any atom is -0.506 e. The average molecular weight is 623 g/mol. The number of hydrogen-bond acceptors (Lipinski definition) is 4. The van der Waals surface area contributed by atoms with Crippen molar-refractivity contribution in [1.29, 1.82) is 0 Å². The standard InChI is InChI=1S/C21H17ClI2O4/c1-2-28-21(27)19-15(11-3-5-13(22)6-4-11)7-12(8-18(19)25)16-9-14(23)10-17(24)20(16)26/h3-6,8-10,15,19,26H,2,7H2,1H3. The van der Waals surface area contributed by atoms with Crippen LogP contribution in [0.1, 0.15) is 30.4 Å². The highest BCUT2D eigenvalue weighted by molar-refractivity contribution is 14.1. The molecule has 3 rings (SSSR count). The van der Waals surface area contributed by atoms with E-state index in [2.05, 4.69) is 45.2 Å². The van der Waals surface area contributed by atoms with Gasteiger partial charge in [0, 0.05) is 20.1 Å². The molecule has 7 heteroatoms. The van der Waals surface area contributed by atoms with Crippen molar-refractivity contribution in [3.63, 3.8) is 0 Å². The molecule has 0 amide bonds. The van der Waals surface area contributed by atoms with Gasteiger partial charge < -0.3 is 9.84 Å². The highest BCUT2D eigenvalue weighted by atomic mass is 127. The van der Waals surface area contributed by atoms with Crippen LogP contribution in [0.5, 0.6) is 5.75 Å². The van der Waals surface area contributed by atoms with Crippen LogP contribution >= 0.6 is 56.8 Å². The summed E-state index contributed by atoms with van der Waals surface area (Å²) < 4.78 is 6.83. The van der Waals surface area contributed by atoms with Gasteiger partial charge in [0.15, 0.2) is 5.78 Å². The molecule has 1 aliphatic rings. The Labute approximate surface area is 195 Å². The van der Waals surface area contributed by atoms with Crippen molar-refractivity contribution in [3.05, 3.63) is 65.8 Å². The van der Waals surface area contributed by atoms with Crippen molar-refractivity contribution in [2.24, 2.45) is 5.92 Å². The van der Waals surface area contributed by atoms with Gasteiger partial charge in [-0.3, -0.25) is 9.59 Å². The Morgan fingerprint density at radius 1 is 1.25 bits per heavy atom. The van der Waals surface area contributed by atoms with E-state index in [9.17, 15) is 14.7 Å². The number of aromatic hydroxyl groups is 1. The number of rotatable bonds is 4. The van der Waals surface area contributed by atoms with Gasteiger partial charge in [-0.2, -0.15) is 0 Å². The second-order valence-corrected chi connectivity index (χ2v) is 9.29. The van der Waals surface area contributed by atoms with Crippen LogP contribution in [0, 0.1) is 13.1 Å². The Balaban J connectivity index is 2.09. The Bertz CT molecular complexity index is 954. The number of esters is 1. The normalized spacial score (nSPS) is 19.3. The van der Waals surface area contributed by atoms with Crippen molar-refractivity contribution in [1.82, 2.24) is 0 Å². The summed E-state index contributed by atoms with van der Waals surface area (Å²) in [5.41, 5.74) is 2.16. The maximum atomic E-state index is 12.9. The lowest BCUT2D eigenvalue weighted by atomic mass is 9.73. The SMILES string of the molecule is CCOC(=O)C1C(=O)C=C(c2cc(I)cc(I)c2O)CC1c1ccc(Cl)cc1. The van der Waals surface area contributed by atoms with Crippen LogP contribution in [0.4, 0.5) is 0 Å². The minimum atomic E-state index is -0.908. The van der Waals surface area contributed by atoms with Crippen LogP contribution in [0.25, 0.3) is 5.57 Å². The molecule has 0 aliphatic heterocycles. The largest absolute Gasteiger partial charge is 0.506 e. The number of carbonyl (C=O) groups is 2. The van der Waals surface area contributed by atoms with Crippen molar-refractivity contribution < 1.29 is 19.4 Å². The first kappa shape index (κ1) is 21.6. The summed E-state index contributed by atoms with van der Waals surface area (Å²) in [6.45, 7) is 1.93. The van der Waals surface area contributed by atoms with E-state index in [4.69, 9.17) is 16.3 Å². The summed E-state index contributed by atoms with van der Waals surface area (Å²) in [5, 5.41) is 11.1. The molecule has 0 heterocycles. The molecule has 2 aromatic carbocycles. The molecule has 0 bridgehead atoms. The van der Waals surface area contributed by atoms with Crippen LogP contribution in [-0.2, 0) is 14.3 Å². The number of allylic oxidation sites excluding steroid dienone is 2. The van der Waals surface area contributed by atoms with Crippen LogP contribution in [0.15, 0.2) is 42.5 Å². The zero-order valence-corrected chi connectivity index (χ0v) is 20.0.